The summed E-state index contributed by atoms with van der Waals surface area (Å²) in [4.78, 5) is 5.16. The molecule has 3 nitrogen and oxygen atoms in total. The van der Waals surface area contributed by atoms with Crippen molar-refractivity contribution < 1.29 is 4.74 Å². The molecule has 0 amide bonds. The number of benzene rings is 2. The average Bonchev–Trinajstić information content (AvgIpc) is 2.65. The van der Waals surface area contributed by atoms with Crippen molar-refractivity contribution in [3.8, 4) is 0 Å². The molecular weight excluding hydrogens is 320 g/mol. The van der Waals surface area contributed by atoms with Crippen LogP contribution in [0.5, 0.6) is 0 Å². The van der Waals surface area contributed by atoms with Crippen LogP contribution in [0.2, 0.25) is 0 Å². The zero-order chi connectivity index (χ0) is 18.4. The Morgan fingerprint density at radius 2 is 1.62 bits per heavy atom. The summed E-state index contributed by atoms with van der Waals surface area (Å²) in [6, 6.07) is 18.4. The van der Waals surface area contributed by atoms with Crippen molar-refractivity contribution in [1.82, 2.24) is 9.80 Å². The molecule has 1 aliphatic rings. The van der Waals surface area contributed by atoms with E-state index in [1.54, 1.807) is 0 Å². The summed E-state index contributed by atoms with van der Waals surface area (Å²) in [5, 5.41) is 0. The molecule has 26 heavy (non-hydrogen) atoms. The third kappa shape index (κ3) is 4.94. The predicted octanol–water partition coefficient (Wildman–Crippen LogP) is 4.05. The van der Waals surface area contributed by atoms with E-state index < -0.39 is 0 Å². The summed E-state index contributed by atoms with van der Waals surface area (Å²) in [6.07, 6.45) is 0. The van der Waals surface area contributed by atoms with Crippen LogP contribution in [-0.2, 0) is 4.74 Å². The molecule has 1 aliphatic heterocycles. The molecule has 1 unspecified atom stereocenters. The molecule has 0 saturated carbocycles. The van der Waals surface area contributed by atoms with Crippen LogP contribution >= 0.6 is 0 Å². The fourth-order valence-electron chi connectivity index (χ4n) is 3.79. The standard InChI is InChI=1S/C23H32N2O/c1-4-26-17-16-24-12-14-25(15-13-24)23(21-10-8-19(2)9-11-21)22-7-5-6-20(3)18-22/h5-11,18,23H,4,12-17H2,1-3H3. The van der Waals surface area contributed by atoms with Crippen LogP contribution in [0.4, 0.5) is 0 Å². The monoisotopic (exact) mass is 352 g/mol. The number of aryl methyl sites for hydroxylation is 2. The van der Waals surface area contributed by atoms with Crippen LogP contribution in [0.3, 0.4) is 0 Å². The molecule has 0 radical (unpaired) electrons. The summed E-state index contributed by atoms with van der Waals surface area (Å²) in [7, 11) is 0. The maximum Gasteiger partial charge on any atom is 0.0602 e. The molecule has 2 aromatic carbocycles. The molecule has 3 rings (SSSR count). The zero-order valence-electron chi connectivity index (χ0n) is 16.4. The highest BCUT2D eigenvalue weighted by atomic mass is 16.5. The van der Waals surface area contributed by atoms with Crippen molar-refractivity contribution in [1.29, 1.82) is 0 Å². The molecular formula is C23H32N2O. The molecule has 2 aromatic rings. The molecule has 1 fully saturated rings. The van der Waals surface area contributed by atoms with Crippen molar-refractivity contribution >= 4 is 0 Å². The van der Waals surface area contributed by atoms with Crippen molar-refractivity contribution in [2.45, 2.75) is 26.8 Å². The van der Waals surface area contributed by atoms with Crippen molar-refractivity contribution in [2.75, 3.05) is 45.9 Å². The van der Waals surface area contributed by atoms with E-state index in [1.165, 1.54) is 22.3 Å². The minimum absolute atomic E-state index is 0.338. The van der Waals surface area contributed by atoms with E-state index in [-0.39, 0.29) is 0 Å². The molecule has 140 valence electrons. The Morgan fingerprint density at radius 1 is 0.885 bits per heavy atom. The quantitative estimate of drug-likeness (QED) is 0.699. The number of rotatable bonds is 7. The minimum Gasteiger partial charge on any atom is -0.380 e. The molecule has 3 heteroatoms. The van der Waals surface area contributed by atoms with Gasteiger partial charge < -0.3 is 4.74 Å². The van der Waals surface area contributed by atoms with Crippen molar-refractivity contribution in [3.63, 3.8) is 0 Å². The summed E-state index contributed by atoms with van der Waals surface area (Å²) in [6.45, 7) is 13.5. The van der Waals surface area contributed by atoms with Gasteiger partial charge in [-0.3, -0.25) is 9.80 Å². The molecule has 0 bridgehead atoms. The van der Waals surface area contributed by atoms with Gasteiger partial charge in [0.25, 0.3) is 0 Å². The van der Waals surface area contributed by atoms with Gasteiger partial charge in [0.1, 0.15) is 0 Å². The Bertz CT molecular complexity index is 675. The Balaban J connectivity index is 1.75. The van der Waals surface area contributed by atoms with Gasteiger partial charge in [0.2, 0.25) is 0 Å². The largest absolute Gasteiger partial charge is 0.380 e. The lowest BCUT2D eigenvalue weighted by atomic mass is 9.94. The number of hydrogen-bond acceptors (Lipinski definition) is 3. The van der Waals surface area contributed by atoms with Gasteiger partial charge >= 0.3 is 0 Å². The van der Waals surface area contributed by atoms with E-state index in [0.29, 0.717) is 6.04 Å². The summed E-state index contributed by atoms with van der Waals surface area (Å²) < 4.78 is 5.52. The molecule has 0 spiro atoms. The number of nitrogens with zero attached hydrogens (tertiary/aromatic N) is 2. The summed E-state index contributed by atoms with van der Waals surface area (Å²) in [5.74, 6) is 0. The van der Waals surface area contributed by atoms with Gasteiger partial charge in [-0.15, -0.1) is 0 Å². The fraction of sp³-hybridized carbons (Fsp3) is 0.478. The van der Waals surface area contributed by atoms with Crippen LogP contribution < -0.4 is 0 Å². The maximum absolute atomic E-state index is 5.52. The van der Waals surface area contributed by atoms with Gasteiger partial charge in [-0.25, -0.2) is 0 Å². The second kappa shape index (κ2) is 9.31. The van der Waals surface area contributed by atoms with Gasteiger partial charge in [0, 0.05) is 39.3 Å². The summed E-state index contributed by atoms with van der Waals surface area (Å²) >= 11 is 0. The van der Waals surface area contributed by atoms with E-state index >= 15 is 0 Å². The second-order valence-corrected chi connectivity index (χ2v) is 7.30. The van der Waals surface area contributed by atoms with Crippen LogP contribution in [-0.4, -0.2) is 55.7 Å². The van der Waals surface area contributed by atoms with Gasteiger partial charge in [-0.1, -0.05) is 59.7 Å². The predicted molar refractivity (Wildman–Crippen MR) is 109 cm³/mol. The van der Waals surface area contributed by atoms with Gasteiger partial charge in [-0.05, 0) is 31.9 Å². The highest BCUT2D eigenvalue weighted by Crippen LogP contribution is 2.30. The lowest BCUT2D eigenvalue weighted by Crippen LogP contribution is -2.48. The van der Waals surface area contributed by atoms with Crippen molar-refractivity contribution in [3.05, 3.63) is 70.8 Å². The van der Waals surface area contributed by atoms with Gasteiger partial charge in [-0.2, -0.15) is 0 Å². The third-order valence-electron chi connectivity index (χ3n) is 5.28. The van der Waals surface area contributed by atoms with E-state index in [9.17, 15) is 0 Å². The lowest BCUT2D eigenvalue weighted by molar-refractivity contribution is 0.0709. The molecule has 1 saturated heterocycles. The highest BCUT2D eigenvalue weighted by Gasteiger charge is 2.26. The van der Waals surface area contributed by atoms with E-state index in [1.807, 2.05) is 0 Å². The second-order valence-electron chi connectivity index (χ2n) is 7.30. The maximum atomic E-state index is 5.52. The number of piperazine rings is 1. The number of hydrogen-bond donors (Lipinski definition) is 0. The number of ether oxygens (including phenoxy) is 1. The molecule has 0 aliphatic carbocycles. The van der Waals surface area contributed by atoms with Crippen LogP contribution in [0.25, 0.3) is 0 Å². The Labute approximate surface area is 158 Å². The van der Waals surface area contributed by atoms with Crippen LogP contribution in [0, 0.1) is 13.8 Å². The Hall–Kier alpha value is -1.68. The normalized spacial score (nSPS) is 17.3. The molecule has 0 aromatic heterocycles. The van der Waals surface area contributed by atoms with Gasteiger partial charge in [0.05, 0.1) is 12.6 Å². The third-order valence-corrected chi connectivity index (χ3v) is 5.28. The topological polar surface area (TPSA) is 15.7 Å². The first-order valence-corrected chi connectivity index (χ1v) is 9.84. The van der Waals surface area contributed by atoms with Gasteiger partial charge in [0.15, 0.2) is 0 Å². The molecule has 1 heterocycles. The van der Waals surface area contributed by atoms with Crippen LogP contribution in [0.1, 0.15) is 35.2 Å². The SMILES string of the molecule is CCOCCN1CCN(C(c2ccc(C)cc2)c2cccc(C)c2)CC1. The highest BCUT2D eigenvalue weighted by molar-refractivity contribution is 5.35. The Morgan fingerprint density at radius 3 is 2.27 bits per heavy atom. The van der Waals surface area contributed by atoms with Crippen LogP contribution in [0.15, 0.2) is 48.5 Å². The first kappa shape index (κ1) is 19.1. The van der Waals surface area contributed by atoms with E-state index in [0.717, 1.165) is 45.9 Å². The minimum atomic E-state index is 0.338. The smallest absolute Gasteiger partial charge is 0.0602 e. The average molecular weight is 353 g/mol. The van der Waals surface area contributed by atoms with Crippen molar-refractivity contribution in [2.24, 2.45) is 0 Å². The first-order chi connectivity index (χ1) is 12.7. The molecule has 1 atom stereocenters. The first-order valence-electron chi connectivity index (χ1n) is 9.84. The molecule has 0 N–H and O–H groups in total. The van der Waals surface area contributed by atoms with E-state index in [4.69, 9.17) is 4.74 Å². The fourth-order valence-corrected chi connectivity index (χ4v) is 3.79. The zero-order valence-corrected chi connectivity index (χ0v) is 16.4. The summed E-state index contributed by atoms with van der Waals surface area (Å²) in [5.41, 5.74) is 5.44. The Kier molecular flexibility index (Phi) is 6.84. The van der Waals surface area contributed by atoms with E-state index in [2.05, 4.69) is 79.1 Å². The lowest BCUT2D eigenvalue weighted by Gasteiger charge is -2.40.